The van der Waals surface area contributed by atoms with E-state index in [-0.39, 0.29) is 10.6 Å². The average molecular weight is 372 g/mol. The summed E-state index contributed by atoms with van der Waals surface area (Å²) in [5.74, 6) is 0. The van der Waals surface area contributed by atoms with E-state index in [0.29, 0.717) is 0 Å². The summed E-state index contributed by atoms with van der Waals surface area (Å²) in [5.41, 5.74) is 2.17. The first kappa shape index (κ1) is 13.8. The van der Waals surface area contributed by atoms with Gasteiger partial charge in [0.05, 0.1) is 4.92 Å². The van der Waals surface area contributed by atoms with Crippen LogP contribution in [0.15, 0.2) is 30.5 Å². The summed E-state index contributed by atoms with van der Waals surface area (Å²) in [6, 6.07) is 6.78. The van der Waals surface area contributed by atoms with Gasteiger partial charge >= 0.3 is 0 Å². The lowest BCUT2D eigenvalue weighted by atomic mass is 10.2. The van der Waals surface area contributed by atoms with E-state index >= 15 is 0 Å². The smallest absolute Gasteiger partial charge is 0.270 e. The van der Waals surface area contributed by atoms with Gasteiger partial charge in [0, 0.05) is 53.3 Å². The van der Waals surface area contributed by atoms with Crippen LogP contribution >= 0.6 is 22.6 Å². The number of aryl methyl sites for hydroxylation is 1. The number of nitrogens with zero attached hydrogens (tertiary/aromatic N) is 3. The van der Waals surface area contributed by atoms with Crippen LogP contribution in [-0.4, -0.2) is 21.2 Å². The van der Waals surface area contributed by atoms with Gasteiger partial charge in [-0.3, -0.25) is 14.8 Å². The third kappa shape index (κ3) is 3.43. The zero-order valence-electron chi connectivity index (χ0n) is 10.3. The molecule has 100 valence electrons. The molecule has 0 bridgehead atoms. The van der Waals surface area contributed by atoms with E-state index in [0.717, 1.165) is 27.9 Å². The molecule has 0 fully saturated rings. The van der Waals surface area contributed by atoms with Crippen molar-refractivity contribution in [3.8, 4) is 0 Å². The molecule has 2 rings (SSSR count). The van der Waals surface area contributed by atoms with Crippen LogP contribution in [0.25, 0.3) is 0 Å². The van der Waals surface area contributed by atoms with E-state index in [4.69, 9.17) is 0 Å². The first-order valence-electron chi connectivity index (χ1n) is 5.72. The van der Waals surface area contributed by atoms with Crippen molar-refractivity contribution >= 4 is 34.0 Å². The predicted molar refractivity (Wildman–Crippen MR) is 81.2 cm³/mol. The number of benzene rings is 1. The van der Waals surface area contributed by atoms with Gasteiger partial charge in [-0.25, -0.2) is 0 Å². The lowest BCUT2D eigenvalue weighted by Crippen LogP contribution is -2.09. The van der Waals surface area contributed by atoms with Crippen LogP contribution < -0.4 is 5.32 Å². The number of nitrogens with one attached hydrogen (secondary N) is 1. The largest absolute Gasteiger partial charge is 0.384 e. The first-order valence-corrected chi connectivity index (χ1v) is 6.80. The second-order valence-corrected chi connectivity index (χ2v) is 5.21. The molecule has 7 heteroatoms. The fourth-order valence-corrected chi connectivity index (χ4v) is 2.42. The van der Waals surface area contributed by atoms with Crippen LogP contribution in [-0.2, 0) is 13.5 Å². The van der Waals surface area contributed by atoms with Crippen LogP contribution in [0.1, 0.15) is 5.69 Å². The van der Waals surface area contributed by atoms with Crippen molar-refractivity contribution in [3.05, 3.63) is 49.8 Å². The van der Waals surface area contributed by atoms with E-state index in [1.807, 2.05) is 17.8 Å². The Labute approximate surface area is 124 Å². The number of non-ortho nitro benzene ring substituents is 1. The van der Waals surface area contributed by atoms with Crippen LogP contribution in [0.2, 0.25) is 0 Å². The van der Waals surface area contributed by atoms with E-state index in [1.165, 1.54) is 6.07 Å². The van der Waals surface area contributed by atoms with Gasteiger partial charge in [0.25, 0.3) is 5.69 Å². The molecule has 0 aliphatic rings. The van der Waals surface area contributed by atoms with Crippen LogP contribution in [0.5, 0.6) is 0 Å². The van der Waals surface area contributed by atoms with Crippen LogP contribution in [0.4, 0.5) is 11.4 Å². The minimum atomic E-state index is -0.387. The topological polar surface area (TPSA) is 73.0 Å². The average Bonchev–Trinajstić information content (AvgIpc) is 2.77. The van der Waals surface area contributed by atoms with E-state index in [9.17, 15) is 10.1 Å². The van der Waals surface area contributed by atoms with Crippen molar-refractivity contribution in [1.29, 1.82) is 0 Å². The summed E-state index contributed by atoms with van der Waals surface area (Å²) in [6.45, 7) is 0.757. The van der Waals surface area contributed by atoms with Crippen molar-refractivity contribution in [3.63, 3.8) is 0 Å². The molecule has 0 radical (unpaired) electrons. The third-order valence-corrected chi connectivity index (χ3v) is 3.68. The number of nitro groups is 1. The second kappa shape index (κ2) is 6.00. The number of aromatic nitrogens is 2. The molecule has 0 amide bonds. The monoisotopic (exact) mass is 372 g/mol. The SMILES string of the molecule is Cn1nccc1CCNc1ccc([N+](=O)[O-])cc1I. The lowest BCUT2D eigenvalue weighted by Gasteiger charge is -2.08. The number of hydrogen-bond acceptors (Lipinski definition) is 4. The van der Waals surface area contributed by atoms with Gasteiger partial charge in [-0.05, 0) is 34.7 Å². The third-order valence-electron chi connectivity index (χ3n) is 2.78. The molecule has 0 saturated heterocycles. The molecule has 0 unspecified atom stereocenters. The quantitative estimate of drug-likeness (QED) is 0.498. The molecule has 0 spiro atoms. The molecule has 19 heavy (non-hydrogen) atoms. The van der Waals surface area contributed by atoms with E-state index in [1.54, 1.807) is 18.3 Å². The zero-order chi connectivity index (χ0) is 13.8. The fraction of sp³-hybridized carbons (Fsp3) is 0.250. The Morgan fingerprint density at radius 2 is 2.26 bits per heavy atom. The van der Waals surface area contributed by atoms with Crippen molar-refractivity contribution in [2.45, 2.75) is 6.42 Å². The molecule has 0 aliphatic carbocycles. The Kier molecular flexibility index (Phi) is 4.35. The molecule has 0 aliphatic heterocycles. The molecule has 6 nitrogen and oxygen atoms in total. The van der Waals surface area contributed by atoms with Crippen molar-refractivity contribution in [2.24, 2.45) is 7.05 Å². The fourth-order valence-electron chi connectivity index (χ4n) is 1.73. The minimum absolute atomic E-state index is 0.113. The number of nitro benzene ring substituents is 1. The van der Waals surface area contributed by atoms with Crippen molar-refractivity contribution in [2.75, 3.05) is 11.9 Å². The maximum absolute atomic E-state index is 10.6. The Balaban J connectivity index is 1.96. The van der Waals surface area contributed by atoms with Gasteiger partial charge in [0.15, 0.2) is 0 Å². The maximum atomic E-state index is 10.6. The van der Waals surface area contributed by atoms with Gasteiger partial charge in [0.2, 0.25) is 0 Å². The highest BCUT2D eigenvalue weighted by molar-refractivity contribution is 14.1. The zero-order valence-corrected chi connectivity index (χ0v) is 12.5. The lowest BCUT2D eigenvalue weighted by molar-refractivity contribution is -0.384. The normalized spacial score (nSPS) is 10.4. The predicted octanol–water partition coefficient (Wildman–Crippen LogP) is 2.59. The highest BCUT2D eigenvalue weighted by Gasteiger charge is 2.08. The molecule has 2 aromatic rings. The molecule has 0 atom stereocenters. The first-order chi connectivity index (χ1) is 9.08. The second-order valence-electron chi connectivity index (χ2n) is 4.04. The van der Waals surface area contributed by atoms with Crippen LogP contribution in [0, 0.1) is 13.7 Å². The van der Waals surface area contributed by atoms with Crippen molar-refractivity contribution in [1.82, 2.24) is 9.78 Å². The van der Waals surface area contributed by atoms with Gasteiger partial charge in [-0.15, -0.1) is 0 Å². The van der Waals surface area contributed by atoms with E-state index < -0.39 is 0 Å². The molecule has 1 aromatic heterocycles. The number of rotatable bonds is 5. The Morgan fingerprint density at radius 1 is 1.47 bits per heavy atom. The number of anilines is 1. The highest BCUT2D eigenvalue weighted by atomic mass is 127. The molecular weight excluding hydrogens is 359 g/mol. The molecule has 1 heterocycles. The van der Waals surface area contributed by atoms with Gasteiger partial charge in [0.1, 0.15) is 0 Å². The summed E-state index contributed by atoms with van der Waals surface area (Å²) in [6.07, 6.45) is 2.62. The van der Waals surface area contributed by atoms with Gasteiger partial charge in [-0.2, -0.15) is 5.10 Å². The van der Waals surface area contributed by atoms with Crippen LogP contribution in [0.3, 0.4) is 0 Å². The number of hydrogen-bond donors (Lipinski definition) is 1. The molecular formula is C12H13IN4O2. The maximum Gasteiger partial charge on any atom is 0.270 e. The van der Waals surface area contributed by atoms with Crippen molar-refractivity contribution < 1.29 is 4.92 Å². The Bertz CT molecular complexity index is 597. The summed E-state index contributed by atoms with van der Waals surface area (Å²) in [4.78, 5) is 10.3. The minimum Gasteiger partial charge on any atom is -0.384 e. The molecule has 1 aromatic carbocycles. The Morgan fingerprint density at radius 3 is 2.84 bits per heavy atom. The summed E-state index contributed by atoms with van der Waals surface area (Å²) in [5, 5.41) is 18.0. The van der Waals surface area contributed by atoms with Gasteiger partial charge in [-0.1, -0.05) is 0 Å². The summed E-state index contributed by atoms with van der Waals surface area (Å²) in [7, 11) is 1.91. The number of halogens is 1. The summed E-state index contributed by atoms with van der Waals surface area (Å²) >= 11 is 2.09. The molecule has 1 N–H and O–H groups in total. The highest BCUT2D eigenvalue weighted by Crippen LogP contribution is 2.23. The molecule has 0 saturated carbocycles. The Hall–Kier alpha value is -1.64. The standard InChI is InChI=1S/C12H13IN4O2/c1-16-9(5-7-15-16)4-6-14-12-3-2-10(17(18)19)8-11(12)13/h2-3,5,7-8,14H,4,6H2,1H3. The van der Waals surface area contributed by atoms with E-state index in [2.05, 4.69) is 33.0 Å². The van der Waals surface area contributed by atoms with Gasteiger partial charge < -0.3 is 5.32 Å². The summed E-state index contributed by atoms with van der Waals surface area (Å²) < 4.78 is 2.68.